The molecular formula is C12H17N3O2. The van der Waals surface area contributed by atoms with Crippen LogP contribution in [0.5, 0.6) is 0 Å². The number of hydrogen-bond donors (Lipinski definition) is 1. The van der Waals surface area contributed by atoms with Crippen molar-refractivity contribution in [3.05, 3.63) is 24.0 Å². The van der Waals surface area contributed by atoms with Crippen molar-refractivity contribution >= 4 is 5.69 Å². The van der Waals surface area contributed by atoms with Gasteiger partial charge in [0, 0.05) is 26.5 Å². The molecule has 0 unspecified atom stereocenters. The molecule has 0 radical (unpaired) electrons. The number of hydrogen-bond acceptors (Lipinski definition) is 5. The van der Waals surface area contributed by atoms with Crippen molar-refractivity contribution in [1.82, 2.24) is 4.98 Å². The summed E-state index contributed by atoms with van der Waals surface area (Å²) in [7, 11) is 1.65. The molecule has 1 aromatic rings. The maximum atomic E-state index is 8.86. The molecule has 0 fully saturated rings. The van der Waals surface area contributed by atoms with Crippen LogP contribution >= 0.6 is 0 Å². The van der Waals surface area contributed by atoms with Gasteiger partial charge in [0.25, 0.3) is 0 Å². The minimum atomic E-state index is 0.611. The SMILES string of the molecule is COCCOCCCNc1cnccc1C#N. The fourth-order valence-corrected chi connectivity index (χ4v) is 1.27. The predicted molar refractivity (Wildman–Crippen MR) is 64.8 cm³/mol. The second kappa shape index (κ2) is 8.50. The molecule has 5 nitrogen and oxygen atoms in total. The first-order chi connectivity index (χ1) is 8.38. The van der Waals surface area contributed by atoms with Gasteiger partial charge in [0.15, 0.2) is 0 Å². The first-order valence-corrected chi connectivity index (χ1v) is 5.53. The van der Waals surface area contributed by atoms with E-state index in [4.69, 9.17) is 14.7 Å². The summed E-state index contributed by atoms with van der Waals surface area (Å²) in [6.45, 7) is 2.67. The number of pyridine rings is 1. The Morgan fingerprint density at radius 3 is 3.06 bits per heavy atom. The molecule has 1 N–H and O–H groups in total. The van der Waals surface area contributed by atoms with Gasteiger partial charge in [-0.2, -0.15) is 5.26 Å². The summed E-state index contributed by atoms with van der Waals surface area (Å²) in [6.07, 6.45) is 4.14. The number of rotatable bonds is 8. The molecule has 0 aliphatic rings. The van der Waals surface area contributed by atoms with E-state index in [0.29, 0.717) is 25.4 Å². The Hall–Kier alpha value is -1.64. The summed E-state index contributed by atoms with van der Waals surface area (Å²) in [6, 6.07) is 3.81. The predicted octanol–water partition coefficient (Wildman–Crippen LogP) is 1.42. The Morgan fingerprint density at radius 2 is 2.29 bits per heavy atom. The zero-order valence-electron chi connectivity index (χ0n) is 9.98. The number of methoxy groups -OCH3 is 1. The zero-order chi connectivity index (χ0) is 12.3. The highest BCUT2D eigenvalue weighted by Crippen LogP contribution is 2.11. The smallest absolute Gasteiger partial charge is 0.101 e. The number of aromatic nitrogens is 1. The molecule has 0 aliphatic carbocycles. The second-order valence-electron chi connectivity index (χ2n) is 3.42. The Labute approximate surface area is 101 Å². The second-order valence-corrected chi connectivity index (χ2v) is 3.42. The molecule has 1 rings (SSSR count). The van der Waals surface area contributed by atoms with Gasteiger partial charge in [0.05, 0.1) is 30.7 Å². The van der Waals surface area contributed by atoms with E-state index in [2.05, 4.69) is 16.4 Å². The van der Waals surface area contributed by atoms with E-state index in [9.17, 15) is 0 Å². The number of nitriles is 1. The number of nitrogens with zero attached hydrogens (tertiary/aromatic N) is 2. The molecule has 0 amide bonds. The molecule has 0 atom stereocenters. The first kappa shape index (κ1) is 13.4. The van der Waals surface area contributed by atoms with Crippen LogP contribution in [0.3, 0.4) is 0 Å². The van der Waals surface area contributed by atoms with Gasteiger partial charge in [0.2, 0.25) is 0 Å². The largest absolute Gasteiger partial charge is 0.383 e. The van der Waals surface area contributed by atoms with Crippen molar-refractivity contribution in [2.45, 2.75) is 6.42 Å². The highest BCUT2D eigenvalue weighted by molar-refractivity contribution is 5.55. The van der Waals surface area contributed by atoms with Gasteiger partial charge >= 0.3 is 0 Å². The van der Waals surface area contributed by atoms with Crippen LogP contribution in [0.4, 0.5) is 5.69 Å². The Bertz CT molecular complexity index is 363. The molecule has 5 heteroatoms. The van der Waals surface area contributed by atoms with Gasteiger partial charge in [-0.1, -0.05) is 0 Å². The molecule has 17 heavy (non-hydrogen) atoms. The summed E-state index contributed by atoms with van der Waals surface area (Å²) < 4.78 is 10.2. The highest BCUT2D eigenvalue weighted by atomic mass is 16.5. The van der Waals surface area contributed by atoms with Crippen molar-refractivity contribution in [3.8, 4) is 6.07 Å². The van der Waals surface area contributed by atoms with E-state index in [1.54, 1.807) is 25.6 Å². The van der Waals surface area contributed by atoms with Crippen LogP contribution in [0.25, 0.3) is 0 Å². The molecule has 92 valence electrons. The van der Waals surface area contributed by atoms with Crippen LogP contribution in [0, 0.1) is 11.3 Å². The lowest BCUT2D eigenvalue weighted by Crippen LogP contribution is -2.09. The third kappa shape index (κ3) is 5.29. The fraction of sp³-hybridized carbons (Fsp3) is 0.500. The minimum Gasteiger partial charge on any atom is -0.383 e. The molecule has 0 saturated carbocycles. The highest BCUT2D eigenvalue weighted by Gasteiger charge is 1.99. The van der Waals surface area contributed by atoms with E-state index in [-0.39, 0.29) is 0 Å². The first-order valence-electron chi connectivity index (χ1n) is 5.53. The summed E-state index contributed by atoms with van der Waals surface area (Å²) in [5, 5.41) is 12.0. The molecule has 1 heterocycles. The topological polar surface area (TPSA) is 67.2 Å². The van der Waals surface area contributed by atoms with Crippen LogP contribution in [0.2, 0.25) is 0 Å². The van der Waals surface area contributed by atoms with Crippen molar-refractivity contribution in [3.63, 3.8) is 0 Å². The van der Waals surface area contributed by atoms with E-state index < -0.39 is 0 Å². The third-order valence-corrected chi connectivity index (χ3v) is 2.15. The standard InChI is InChI=1S/C12H17N3O2/c1-16-7-8-17-6-2-4-15-12-10-14-5-3-11(12)9-13/h3,5,10,15H,2,4,6-8H2,1H3. The Morgan fingerprint density at radius 1 is 1.41 bits per heavy atom. The summed E-state index contributed by atoms with van der Waals surface area (Å²) in [4.78, 5) is 3.97. The number of nitrogens with one attached hydrogen (secondary N) is 1. The van der Waals surface area contributed by atoms with Gasteiger partial charge < -0.3 is 14.8 Å². The number of anilines is 1. The molecule has 0 saturated heterocycles. The lowest BCUT2D eigenvalue weighted by Gasteiger charge is -2.07. The molecular weight excluding hydrogens is 218 g/mol. The quantitative estimate of drug-likeness (QED) is 0.690. The lowest BCUT2D eigenvalue weighted by atomic mass is 10.2. The molecule has 0 spiro atoms. The van der Waals surface area contributed by atoms with Gasteiger partial charge in [-0.15, -0.1) is 0 Å². The maximum Gasteiger partial charge on any atom is 0.101 e. The Balaban J connectivity index is 2.16. The third-order valence-electron chi connectivity index (χ3n) is 2.15. The normalized spacial score (nSPS) is 9.88. The summed E-state index contributed by atoms with van der Waals surface area (Å²) in [5.41, 5.74) is 1.38. The summed E-state index contributed by atoms with van der Waals surface area (Å²) in [5.74, 6) is 0. The zero-order valence-corrected chi connectivity index (χ0v) is 9.98. The van der Waals surface area contributed by atoms with Gasteiger partial charge in [-0.05, 0) is 12.5 Å². The monoisotopic (exact) mass is 235 g/mol. The average Bonchev–Trinajstić information content (AvgIpc) is 2.38. The van der Waals surface area contributed by atoms with Crippen molar-refractivity contribution < 1.29 is 9.47 Å². The van der Waals surface area contributed by atoms with Crippen LogP contribution in [0.1, 0.15) is 12.0 Å². The van der Waals surface area contributed by atoms with Gasteiger partial charge in [-0.3, -0.25) is 4.98 Å². The maximum absolute atomic E-state index is 8.86. The molecule has 0 aromatic carbocycles. The molecule has 0 bridgehead atoms. The Kier molecular flexibility index (Phi) is 6.72. The molecule has 0 aliphatic heterocycles. The van der Waals surface area contributed by atoms with Crippen LogP contribution in [-0.2, 0) is 9.47 Å². The van der Waals surface area contributed by atoms with Crippen molar-refractivity contribution in [2.24, 2.45) is 0 Å². The fourth-order valence-electron chi connectivity index (χ4n) is 1.27. The van der Waals surface area contributed by atoms with Gasteiger partial charge in [-0.25, -0.2) is 0 Å². The molecule has 1 aromatic heterocycles. The van der Waals surface area contributed by atoms with E-state index in [1.807, 2.05) is 0 Å². The van der Waals surface area contributed by atoms with Crippen molar-refractivity contribution in [2.75, 3.05) is 38.8 Å². The average molecular weight is 235 g/mol. The number of ether oxygens (including phenoxy) is 2. The lowest BCUT2D eigenvalue weighted by molar-refractivity contribution is 0.0705. The summed E-state index contributed by atoms with van der Waals surface area (Å²) >= 11 is 0. The minimum absolute atomic E-state index is 0.611. The van der Waals surface area contributed by atoms with Crippen molar-refractivity contribution in [1.29, 1.82) is 5.26 Å². The van der Waals surface area contributed by atoms with Gasteiger partial charge in [0.1, 0.15) is 6.07 Å². The van der Waals surface area contributed by atoms with E-state index in [0.717, 1.165) is 18.7 Å². The van der Waals surface area contributed by atoms with E-state index in [1.165, 1.54) is 0 Å². The van der Waals surface area contributed by atoms with Crippen LogP contribution in [-0.4, -0.2) is 38.5 Å². The van der Waals surface area contributed by atoms with Crippen LogP contribution in [0.15, 0.2) is 18.5 Å². The van der Waals surface area contributed by atoms with E-state index >= 15 is 0 Å². The van der Waals surface area contributed by atoms with Crippen LogP contribution < -0.4 is 5.32 Å².